The molecular weight excluding hydrogens is 336 g/mol. The first-order chi connectivity index (χ1) is 11.8. The van der Waals surface area contributed by atoms with E-state index in [0.29, 0.717) is 10.6 Å². The molecular formula is C20H23ClN2O2. The van der Waals surface area contributed by atoms with Crippen LogP contribution in [0.5, 0.6) is 0 Å². The highest BCUT2D eigenvalue weighted by Gasteiger charge is 2.10. The fourth-order valence-corrected chi connectivity index (χ4v) is 2.76. The number of nitrogens with zero attached hydrogens (tertiary/aromatic N) is 2. The Balaban J connectivity index is 3.06. The van der Waals surface area contributed by atoms with E-state index in [1.54, 1.807) is 19.1 Å². The molecule has 0 unspecified atom stereocenters. The lowest BCUT2D eigenvalue weighted by atomic mass is 10.1. The number of hydrogen-bond acceptors (Lipinski definition) is 2. The van der Waals surface area contributed by atoms with E-state index in [1.165, 1.54) is 0 Å². The zero-order chi connectivity index (χ0) is 19.0. The van der Waals surface area contributed by atoms with Crippen LogP contribution in [0.15, 0.2) is 53.3 Å². The van der Waals surface area contributed by atoms with Gasteiger partial charge in [0.15, 0.2) is 0 Å². The predicted molar refractivity (Wildman–Crippen MR) is 105 cm³/mol. The summed E-state index contributed by atoms with van der Waals surface area (Å²) >= 11 is 6.37. The lowest BCUT2D eigenvalue weighted by molar-refractivity contribution is -0.132. The van der Waals surface area contributed by atoms with Gasteiger partial charge in [-0.25, -0.2) is 4.85 Å². The molecule has 0 radical (unpaired) electrons. The summed E-state index contributed by atoms with van der Waals surface area (Å²) in [5, 5.41) is 9.54. The molecule has 1 aromatic rings. The lowest BCUT2D eigenvalue weighted by Crippen LogP contribution is -2.21. The molecule has 1 rings (SSSR count). The first kappa shape index (κ1) is 20.5. The maximum Gasteiger partial charge on any atom is 0.334 e. The third kappa shape index (κ3) is 5.81. The number of aliphatic carboxylic acids is 1. The number of benzene rings is 1. The van der Waals surface area contributed by atoms with E-state index in [9.17, 15) is 4.79 Å². The Kier molecular flexibility index (Phi) is 7.97. The van der Waals surface area contributed by atoms with Crippen molar-refractivity contribution < 1.29 is 9.90 Å². The molecule has 132 valence electrons. The van der Waals surface area contributed by atoms with Gasteiger partial charge in [-0.2, -0.15) is 0 Å². The van der Waals surface area contributed by atoms with Gasteiger partial charge in [0.2, 0.25) is 0 Å². The van der Waals surface area contributed by atoms with Gasteiger partial charge in [0.1, 0.15) is 0 Å². The van der Waals surface area contributed by atoms with Crippen molar-refractivity contribution in [3.63, 3.8) is 0 Å². The van der Waals surface area contributed by atoms with Crippen LogP contribution in [0.3, 0.4) is 0 Å². The third-order valence-corrected chi connectivity index (χ3v) is 4.09. The van der Waals surface area contributed by atoms with Crippen molar-refractivity contribution in [1.29, 1.82) is 0 Å². The molecule has 0 spiro atoms. The molecule has 0 aliphatic heterocycles. The number of hydrogen-bond donors (Lipinski definition) is 1. The van der Waals surface area contributed by atoms with Crippen molar-refractivity contribution in [3.05, 3.63) is 70.2 Å². The fourth-order valence-electron chi connectivity index (χ4n) is 2.46. The molecule has 0 fully saturated rings. The van der Waals surface area contributed by atoms with E-state index in [1.807, 2.05) is 31.2 Å². The number of anilines is 1. The minimum atomic E-state index is -1.22. The maximum absolute atomic E-state index is 11.0. The largest absolute Gasteiger partial charge is 0.486 e. The van der Waals surface area contributed by atoms with E-state index >= 15 is 0 Å². The molecule has 0 amide bonds. The van der Waals surface area contributed by atoms with Crippen LogP contribution in [0, 0.1) is 6.57 Å². The highest BCUT2D eigenvalue weighted by Crippen LogP contribution is 2.24. The fraction of sp³-hybridized carbons (Fsp3) is 0.300. The summed E-state index contributed by atoms with van der Waals surface area (Å²) in [5.41, 5.74) is 2.92. The van der Waals surface area contributed by atoms with E-state index in [0.717, 1.165) is 29.9 Å². The second-order valence-electron chi connectivity index (χ2n) is 5.55. The highest BCUT2D eigenvalue weighted by atomic mass is 35.5. The monoisotopic (exact) mass is 358 g/mol. The molecule has 0 aliphatic rings. The second-order valence-corrected chi connectivity index (χ2v) is 5.96. The summed E-state index contributed by atoms with van der Waals surface area (Å²) in [5.74, 6) is -1.22. The Hall–Kier alpha value is -2.51. The summed E-state index contributed by atoms with van der Waals surface area (Å²) in [6.45, 7) is 16.5. The van der Waals surface area contributed by atoms with Gasteiger partial charge in [0.05, 0.1) is 6.57 Å². The van der Waals surface area contributed by atoms with Crippen molar-refractivity contribution in [2.45, 2.75) is 27.7 Å². The molecule has 0 saturated carbocycles. The van der Waals surface area contributed by atoms with Gasteiger partial charge >= 0.3 is 5.97 Å². The van der Waals surface area contributed by atoms with Gasteiger partial charge in [0.25, 0.3) is 5.70 Å². The third-order valence-electron chi connectivity index (χ3n) is 3.76. The van der Waals surface area contributed by atoms with Crippen molar-refractivity contribution in [2.24, 2.45) is 0 Å². The zero-order valence-corrected chi connectivity index (χ0v) is 15.8. The Morgan fingerprint density at radius 3 is 2.20 bits per heavy atom. The normalized spacial score (nSPS) is 13.1. The van der Waals surface area contributed by atoms with Crippen LogP contribution in [0.4, 0.5) is 5.69 Å². The molecule has 0 atom stereocenters. The first-order valence-corrected chi connectivity index (χ1v) is 8.44. The molecule has 0 heterocycles. The lowest BCUT2D eigenvalue weighted by Gasteiger charge is -2.21. The summed E-state index contributed by atoms with van der Waals surface area (Å²) < 4.78 is 0. The molecule has 0 saturated heterocycles. The minimum Gasteiger partial charge on any atom is -0.486 e. The van der Waals surface area contributed by atoms with E-state index < -0.39 is 5.97 Å². The molecule has 5 heteroatoms. The molecule has 25 heavy (non-hydrogen) atoms. The zero-order valence-electron chi connectivity index (χ0n) is 15.0. The predicted octanol–water partition coefficient (Wildman–Crippen LogP) is 5.34. The van der Waals surface area contributed by atoms with Crippen molar-refractivity contribution in [1.82, 2.24) is 0 Å². The SMILES string of the molecule is [C-]#[N+]C(C(=O)O)=C(C)C=C(C)C=C(Cl)c1ccc(N(CC)CC)cc1. The summed E-state index contributed by atoms with van der Waals surface area (Å²) in [6.07, 6.45) is 3.41. The number of carboxylic acid groups (broad SMARTS) is 1. The summed E-state index contributed by atoms with van der Waals surface area (Å²) in [4.78, 5) is 16.3. The minimum absolute atomic E-state index is 0.285. The quantitative estimate of drug-likeness (QED) is 0.406. The Bertz CT molecular complexity index is 749. The van der Waals surface area contributed by atoms with Gasteiger partial charge in [-0.1, -0.05) is 35.4 Å². The molecule has 1 aromatic carbocycles. The summed E-state index contributed by atoms with van der Waals surface area (Å²) in [6, 6.07) is 7.99. The van der Waals surface area contributed by atoms with Gasteiger partial charge < -0.3 is 10.0 Å². The summed E-state index contributed by atoms with van der Waals surface area (Å²) in [7, 11) is 0. The molecule has 0 aromatic heterocycles. The van der Waals surface area contributed by atoms with Gasteiger partial charge in [0, 0.05) is 23.8 Å². The van der Waals surface area contributed by atoms with Gasteiger partial charge in [-0.05, 0) is 57.0 Å². The van der Waals surface area contributed by atoms with Crippen LogP contribution in [-0.4, -0.2) is 24.2 Å². The van der Waals surface area contributed by atoms with E-state index in [2.05, 4.69) is 23.6 Å². The van der Waals surface area contributed by atoms with Crippen LogP contribution in [0.1, 0.15) is 33.3 Å². The van der Waals surface area contributed by atoms with Crippen LogP contribution in [-0.2, 0) is 4.79 Å². The molecule has 1 N–H and O–H groups in total. The topological polar surface area (TPSA) is 44.9 Å². The van der Waals surface area contributed by atoms with Crippen LogP contribution >= 0.6 is 11.6 Å². The molecule has 0 aliphatic carbocycles. The van der Waals surface area contributed by atoms with E-state index in [-0.39, 0.29) is 5.70 Å². The standard InChI is InChI=1S/C20H23ClN2O2/c1-6-23(7-2)17-10-8-16(9-11-17)18(21)13-14(3)12-15(4)19(22-5)20(24)25/h8-13H,6-7H2,1-4H3,(H,24,25). The van der Waals surface area contributed by atoms with Gasteiger partial charge in [-0.3, -0.25) is 4.79 Å². The van der Waals surface area contributed by atoms with Crippen LogP contribution < -0.4 is 4.90 Å². The highest BCUT2D eigenvalue weighted by molar-refractivity contribution is 6.49. The van der Waals surface area contributed by atoms with Crippen LogP contribution in [0.25, 0.3) is 9.88 Å². The smallest absolute Gasteiger partial charge is 0.334 e. The Morgan fingerprint density at radius 2 is 1.76 bits per heavy atom. The maximum atomic E-state index is 11.0. The van der Waals surface area contributed by atoms with Crippen LogP contribution in [0.2, 0.25) is 0 Å². The molecule has 4 nitrogen and oxygen atoms in total. The number of rotatable bonds is 7. The average Bonchev–Trinajstić information content (AvgIpc) is 2.56. The Labute approximate surface area is 154 Å². The van der Waals surface area contributed by atoms with Crippen molar-refractivity contribution in [3.8, 4) is 0 Å². The first-order valence-electron chi connectivity index (χ1n) is 8.06. The Morgan fingerprint density at radius 1 is 1.20 bits per heavy atom. The molecule has 0 bridgehead atoms. The van der Waals surface area contributed by atoms with E-state index in [4.69, 9.17) is 23.3 Å². The number of carboxylic acids is 1. The number of halogens is 1. The van der Waals surface area contributed by atoms with Crippen molar-refractivity contribution >= 4 is 28.3 Å². The number of carbonyl (C=O) groups is 1. The number of allylic oxidation sites excluding steroid dienone is 4. The van der Waals surface area contributed by atoms with Crippen molar-refractivity contribution in [2.75, 3.05) is 18.0 Å². The average molecular weight is 359 g/mol. The second kappa shape index (κ2) is 9.71. The van der Waals surface area contributed by atoms with Gasteiger partial charge in [-0.15, -0.1) is 0 Å².